The van der Waals surface area contributed by atoms with Crippen LogP contribution in [0.3, 0.4) is 0 Å². The number of carbonyl (C=O) groups is 1. The second-order valence-electron chi connectivity index (χ2n) is 8.59. The molecule has 3 N–H and O–H groups in total. The molecule has 0 unspecified atom stereocenters. The number of pyridine rings is 1. The minimum absolute atomic E-state index is 0.153. The number of carbonyl (C=O) groups excluding carboxylic acids is 1. The first-order chi connectivity index (χ1) is 17.9. The number of benzene rings is 2. The SMILES string of the molecule is C=CC(=O)N1CCOc2ccc(Nc3cc(Nc4c(N[C@H](C)c5ccccc5)c(=O)c4=O)ccn3)cc21. The molecular weight excluding hydrogens is 470 g/mol. The van der Waals surface area contributed by atoms with Gasteiger partial charge in [0.15, 0.2) is 0 Å². The number of anilines is 6. The molecule has 186 valence electrons. The third kappa shape index (κ3) is 4.79. The molecule has 1 aliphatic heterocycles. The Morgan fingerprint density at radius 2 is 1.78 bits per heavy atom. The van der Waals surface area contributed by atoms with Gasteiger partial charge in [-0.15, -0.1) is 0 Å². The van der Waals surface area contributed by atoms with Crippen LogP contribution in [0.25, 0.3) is 0 Å². The number of amides is 1. The van der Waals surface area contributed by atoms with Crippen LogP contribution >= 0.6 is 0 Å². The van der Waals surface area contributed by atoms with Crippen LogP contribution in [0.2, 0.25) is 0 Å². The standard InChI is InChI=1S/C28H25N5O4/c1-3-24(34)33-13-14-37-22-10-9-19(15-21(22)33)31-23-16-20(11-12-29-23)32-26-25(27(35)28(26)36)30-17(2)18-7-5-4-6-8-18/h3-12,15-17,30H,1,13-14H2,2H3,(H2,29,31,32)/t17-/m1/s1. The summed E-state index contributed by atoms with van der Waals surface area (Å²) in [6.07, 6.45) is 2.86. The van der Waals surface area contributed by atoms with Crippen LogP contribution in [0, 0.1) is 0 Å². The normalized spacial score (nSPS) is 13.3. The number of hydrogen-bond donors (Lipinski definition) is 3. The molecule has 0 aliphatic carbocycles. The van der Waals surface area contributed by atoms with Gasteiger partial charge in [-0.25, -0.2) is 4.98 Å². The van der Waals surface area contributed by atoms with Gasteiger partial charge in [0, 0.05) is 29.7 Å². The molecule has 9 nitrogen and oxygen atoms in total. The molecule has 3 aromatic carbocycles. The highest BCUT2D eigenvalue weighted by atomic mass is 16.5. The first-order valence-electron chi connectivity index (χ1n) is 11.8. The van der Waals surface area contributed by atoms with Gasteiger partial charge in [-0.2, -0.15) is 0 Å². The Morgan fingerprint density at radius 3 is 2.57 bits per heavy atom. The Balaban J connectivity index is 1.33. The molecule has 4 aromatic rings. The van der Waals surface area contributed by atoms with Gasteiger partial charge in [-0.05, 0) is 42.8 Å². The zero-order valence-corrected chi connectivity index (χ0v) is 20.2. The fourth-order valence-electron chi connectivity index (χ4n) is 4.19. The number of ether oxygens (including phenoxy) is 1. The van der Waals surface area contributed by atoms with Gasteiger partial charge in [0.25, 0.3) is 16.8 Å². The largest absolute Gasteiger partial charge is 0.490 e. The maximum Gasteiger partial charge on any atom is 0.253 e. The summed E-state index contributed by atoms with van der Waals surface area (Å²) in [6, 6.07) is 18.4. The summed E-state index contributed by atoms with van der Waals surface area (Å²) in [5.74, 6) is 0.916. The lowest BCUT2D eigenvalue weighted by molar-refractivity contribution is -0.114. The Morgan fingerprint density at radius 1 is 1.03 bits per heavy atom. The second kappa shape index (κ2) is 9.98. The number of nitrogens with zero attached hydrogens (tertiary/aromatic N) is 2. The van der Waals surface area contributed by atoms with Crippen LogP contribution in [0.1, 0.15) is 18.5 Å². The smallest absolute Gasteiger partial charge is 0.253 e. The zero-order valence-electron chi connectivity index (χ0n) is 20.2. The first-order valence-corrected chi connectivity index (χ1v) is 11.8. The van der Waals surface area contributed by atoms with Crippen molar-refractivity contribution in [1.82, 2.24) is 4.98 Å². The van der Waals surface area contributed by atoms with Crippen LogP contribution in [-0.4, -0.2) is 24.0 Å². The van der Waals surface area contributed by atoms with Gasteiger partial charge in [0.2, 0.25) is 0 Å². The van der Waals surface area contributed by atoms with Crippen molar-refractivity contribution in [3.05, 3.63) is 106 Å². The third-order valence-corrected chi connectivity index (χ3v) is 6.14. The molecule has 1 aromatic heterocycles. The van der Waals surface area contributed by atoms with Crippen LogP contribution in [0.15, 0.2) is 89.1 Å². The molecular formula is C28H25N5O4. The molecule has 0 spiro atoms. The van der Waals surface area contributed by atoms with Crippen molar-refractivity contribution in [3.63, 3.8) is 0 Å². The van der Waals surface area contributed by atoms with Gasteiger partial charge in [0.1, 0.15) is 29.5 Å². The van der Waals surface area contributed by atoms with Gasteiger partial charge < -0.3 is 25.6 Å². The lowest BCUT2D eigenvalue weighted by Crippen LogP contribution is -2.37. The Labute approximate surface area is 213 Å². The van der Waals surface area contributed by atoms with Crippen molar-refractivity contribution >= 4 is 40.2 Å². The topological polar surface area (TPSA) is 113 Å². The first kappa shape index (κ1) is 23.8. The Bertz CT molecular complexity index is 1540. The van der Waals surface area contributed by atoms with E-state index in [4.69, 9.17) is 4.74 Å². The van der Waals surface area contributed by atoms with Gasteiger partial charge in [-0.3, -0.25) is 14.4 Å². The number of aromatic nitrogens is 1. The van der Waals surface area contributed by atoms with Crippen molar-refractivity contribution in [2.75, 3.05) is 34.0 Å². The summed E-state index contributed by atoms with van der Waals surface area (Å²) in [7, 11) is 0. The van der Waals surface area contributed by atoms with Crippen molar-refractivity contribution < 1.29 is 9.53 Å². The number of hydrogen-bond acceptors (Lipinski definition) is 8. The second-order valence-corrected chi connectivity index (χ2v) is 8.59. The van der Waals surface area contributed by atoms with Crippen molar-refractivity contribution in [1.29, 1.82) is 0 Å². The van der Waals surface area contributed by atoms with Crippen LogP contribution in [0.4, 0.5) is 34.3 Å². The summed E-state index contributed by atoms with van der Waals surface area (Å²) in [5.41, 5.74) is 2.28. The van der Waals surface area contributed by atoms with E-state index in [9.17, 15) is 14.4 Å². The van der Waals surface area contributed by atoms with E-state index < -0.39 is 10.9 Å². The van der Waals surface area contributed by atoms with E-state index in [0.717, 1.165) is 5.56 Å². The molecule has 0 bridgehead atoms. The summed E-state index contributed by atoms with van der Waals surface area (Å²) < 4.78 is 5.67. The lowest BCUT2D eigenvalue weighted by Gasteiger charge is -2.29. The molecule has 2 heterocycles. The maximum absolute atomic E-state index is 12.3. The van der Waals surface area contributed by atoms with E-state index in [1.807, 2.05) is 43.3 Å². The Hall–Kier alpha value is -4.92. The predicted molar refractivity (Wildman–Crippen MR) is 145 cm³/mol. The summed E-state index contributed by atoms with van der Waals surface area (Å²) >= 11 is 0. The van der Waals surface area contributed by atoms with E-state index in [2.05, 4.69) is 27.5 Å². The summed E-state index contributed by atoms with van der Waals surface area (Å²) in [5, 5.41) is 9.42. The number of rotatable bonds is 8. The monoisotopic (exact) mass is 495 g/mol. The number of nitrogens with one attached hydrogen (secondary N) is 3. The predicted octanol–water partition coefficient (Wildman–Crippen LogP) is 4.25. The molecule has 0 saturated heterocycles. The van der Waals surface area contributed by atoms with Crippen LogP contribution in [-0.2, 0) is 4.79 Å². The van der Waals surface area contributed by atoms with E-state index in [1.165, 1.54) is 6.08 Å². The molecule has 1 amide bonds. The lowest BCUT2D eigenvalue weighted by atomic mass is 10.1. The zero-order chi connectivity index (χ0) is 25.9. The van der Waals surface area contributed by atoms with Crippen LogP contribution < -0.4 is 36.4 Å². The van der Waals surface area contributed by atoms with E-state index in [0.29, 0.717) is 41.8 Å². The highest BCUT2D eigenvalue weighted by molar-refractivity contribution is 6.02. The molecule has 37 heavy (non-hydrogen) atoms. The molecule has 9 heteroatoms. The fourth-order valence-corrected chi connectivity index (χ4v) is 4.19. The third-order valence-electron chi connectivity index (χ3n) is 6.14. The van der Waals surface area contributed by atoms with Gasteiger partial charge in [0.05, 0.1) is 12.2 Å². The average Bonchev–Trinajstić information content (AvgIpc) is 2.94. The van der Waals surface area contributed by atoms with Crippen LogP contribution in [0.5, 0.6) is 5.75 Å². The molecule has 0 radical (unpaired) electrons. The highest BCUT2D eigenvalue weighted by Gasteiger charge is 2.24. The maximum atomic E-state index is 12.3. The quantitative estimate of drug-likeness (QED) is 0.246. The van der Waals surface area contributed by atoms with E-state index in [-0.39, 0.29) is 23.3 Å². The van der Waals surface area contributed by atoms with Crippen molar-refractivity contribution in [2.45, 2.75) is 13.0 Å². The van der Waals surface area contributed by atoms with Gasteiger partial charge >= 0.3 is 0 Å². The summed E-state index contributed by atoms with van der Waals surface area (Å²) in [4.78, 5) is 42.8. The molecule has 5 rings (SSSR count). The molecule has 0 saturated carbocycles. The van der Waals surface area contributed by atoms with Crippen molar-refractivity contribution in [3.8, 4) is 5.75 Å². The van der Waals surface area contributed by atoms with E-state index >= 15 is 0 Å². The fraction of sp³-hybridized carbons (Fsp3) is 0.143. The van der Waals surface area contributed by atoms with Crippen molar-refractivity contribution in [2.24, 2.45) is 0 Å². The number of fused-ring (bicyclic) bond motifs is 1. The average molecular weight is 496 g/mol. The Kier molecular flexibility index (Phi) is 6.42. The highest BCUT2D eigenvalue weighted by Crippen LogP contribution is 2.35. The minimum atomic E-state index is -0.573. The minimum Gasteiger partial charge on any atom is -0.490 e. The van der Waals surface area contributed by atoms with Gasteiger partial charge in [-0.1, -0.05) is 36.9 Å². The summed E-state index contributed by atoms with van der Waals surface area (Å²) in [6.45, 7) is 6.34. The molecule has 1 aliphatic rings. The van der Waals surface area contributed by atoms with E-state index in [1.54, 1.807) is 35.4 Å². The molecule has 1 atom stereocenters. The molecule has 0 fully saturated rings.